The van der Waals surface area contributed by atoms with Crippen molar-refractivity contribution >= 4 is 23.1 Å². The van der Waals surface area contributed by atoms with Gasteiger partial charge in [0.2, 0.25) is 0 Å². The molecule has 0 aliphatic carbocycles. The van der Waals surface area contributed by atoms with E-state index in [9.17, 15) is 14.7 Å². The lowest BCUT2D eigenvalue weighted by Gasteiger charge is -2.25. The zero-order valence-electron chi connectivity index (χ0n) is 20.0. The van der Waals surface area contributed by atoms with Gasteiger partial charge < -0.3 is 14.6 Å². The van der Waals surface area contributed by atoms with Crippen LogP contribution in [-0.2, 0) is 9.59 Å². The van der Waals surface area contributed by atoms with Gasteiger partial charge in [0.15, 0.2) is 0 Å². The number of carbonyl (C=O) groups is 2. The molecule has 7 heteroatoms. The van der Waals surface area contributed by atoms with Crippen molar-refractivity contribution in [1.82, 2.24) is 4.98 Å². The summed E-state index contributed by atoms with van der Waals surface area (Å²) in [6.07, 6.45) is 4.09. The number of aliphatic hydroxyl groups excluding tert-OH is 1. The zero-order chi connectivity index (χ0) is 24.9. The van der Waals surface area contributed by atoms with Crippen molar-refractivity contribution in [3.63, 3.8) is 0 Å². The number of rotatable bonds is 8. The number of hydrogen-bond acceptors (Lipinski definition) is 6. The highest BCUT2D eigenvalue weighted by Crippen LogP contribution is 2.42. The fourth-order valence-corrected chi connectivity index (χ4v) is 4.15. The summed E-state index contributed by atoms with van der Waals surface area (Å²) in [6.45, 7) is 6.89. The molecule has 1 N–H and O–H groups in total. The van der Waals surface area contributed by atoms with Gasteiger partial charge in [-0.3, -0.25) is 19.5 Å². The van der Waals surface area contributed by atoms with Crippen molar-refractivity contribution in [2.24, 2.45) is 0 Å². The number of carbonyl (C=O) groups excluding carboxylic acids is 2. The number of anilines is 1. The van der Waals surface area contributed by atoms with Crippen LogP contribution in [0, 0.1) is 6.92 Å². The maximum Gasteiger partial charge on any atom is 0.300 e. The molecule has 0 bridgehead atoms. The van der Waals surface area contributed by atoms with E-state index in [1.807, 2.05) is 20.8 Å². The number of aromatic nitrogens is 1. The Morgan fingerprint density at radius 2 is 1.83 bits per heavy atom. The van der Waals surface area contributed by atoms with Gasteiger partial charge >= 0.3 is 0 Å². The minimum Gasteiger partial charge on any atom is -0.507 e. The highest BCUT2D eigenvalue weighted by atomic mass is 16.5. The third-order valence-electron chi connectivity index (χ3n) is 5.78. The largest absolute Gasteiger partial charge is 0.507 e. The number of ether oxygens (including phenoxy) is 2. The molecule has 1 aromatic heterocycles. The predicted molar refractivity (Wildman–Crippen MR) is 134 cm³/mol. The predicted octanol–water partition coefficient (Wildman–Crippen LogP) is 5.20. The number of amides is 1. The lowest BCUT2D eigenvalue weighted by molar-refractivity contribution is -0.132. The Labute approximate surface area is 204 Å². The van der Waals surface area contributed by atoms with Crippen molar-refractivity contribution in [2.45, 2.75) is 33.2 Å². The van der Waals surface area contributed by atoms with Crippen molar-refractivity contribution in [1.29, 1.82) is 0 Å². The van der Waals surface area contributed by atoms with Crippen molar-refractivity contribution < 1.29 is 24.2 Å². The normalized spacial score (nSPS) is 17.0. The van der Waals surface area contributed by atoms with E-state index < -0.39 is 17.7 Å². The van der Waals surface area contributed by atoms with Crippen LogP contribution in [0.5, 0.6) is 11.5 Å². The maximum absolute atomic E-state index is 13.3. The average molecular weight is 473 g/mol. The molecule has 3 aromatic rings. The molecular formula is C28H28N2O5. The molecule has 180 valence electrons. The second kappa shape index (κ2) is 10.4. The number of pyridine rings is 1. The van der Waals surface area contributed by atoms with Gasteiger partial charge in [-0.1, -0.05) is 13.0 Å². The Hall–Kier alpha value is -4.13. The van der Waals surface area contributed by atoms with Gasteiger partial charge in [0, 0.05) is 23.6 Å². The number of benzene rings is 2. The van der Waals surface area contributed by atoms with E-state index in [2.05, 4.69) is 4.98 Å². The van der Waals surface area contributed by atoms with Crippen molar-refractivity contribution in [3.05, 3.63) is 89.3 Å². The van der Waals surface area contributed by atoms with E-state index in [-0.39, 0.29) is 11.3 Å². The van der Waals surface area contributed by atoms with Crippen LogP contribution in [0.2, 0.25) is 0 Å². The summed E-state index contributed by atoms with van der Waals surface area (Å²) < 4.78 is 11.2. The molecule has 1 amide bonds. The van der Waals surface area contributed by atoms with Gasteiger partial charge in [-0.15, -0.1) is 0 Å². The molecule has 4 rings (SSSR count). The van der Waals surface area contributed by atoms with E-state index >= 15 is 0 Å². The first-order chi connectivity index (χ1) is 17.0. The number of hydrogen-bond donors (Lipinski definition) is 1. The molecule has 0 saturated carbocycles. The number of Topliss-reactive ketones (excluding diaryl/α,β-unsaturated/α-hetero) is 1. The highest BCUT2D eigenvalue weighted by molar-refractivity contribution is 6.51. The Balaban J connectivity index is 1.82. The molecule has 1 aliphatic heterocycles. The lowest BCUT2D eigenvalue weighted by Crippen LogP contribution is -2.29. The Bertz CT molecular complexity index is 1250. The van der Waals surface area contributed by atoms with E-state index in [1.165, 1.54) is 4.90 Å². The van der Waals surface area contributed by atoms with Gasteiger partial charge in [-0.2, -0.15) is 0 Å². The van der Waals surface area contributed by atoms with Crippen LogP contribution in [0.1, 0.15) is 43.0 Å². The summed E-state index contributed by atoms with van der Waals surface area (Å²) in [4.78, 5) is 32.1. The van der Waals surface area contributed by atoms with Crippen molar-refractivity contribution in [2.75, 3.05) is 18.1 Å². The van der Waals surface area contributed by atoms with Crippen LogP contribution in [0.3, 0.4) is 0 Å². The van der Waals surface area contributed by atoms with Crippen LogP contribution in [0.25, 0.3) is 5.76 Å². The fraction of sp³-hybridized carbons (Fsp3) is 0.250. The number of ketones is 1. The molecule has 1 saturated heterocycles. The lowest BCUT2D eigenvalue weighted by atomic mass is 9.95. The molecular weight excluding hydrogens is 444 g/mol. The van der Waals surface area contributed by atoms with Crippen LogP contribution in [-0.4, -0.2) is 35.0 Å². The van der Waals surface area contributed by atoms with Gasteiger partial charge in [0.1, 0.15) is 17.3 Å². The summed E-state index contributed by atoms with van der Waals surface area (Å²) in [5.74, 6) is -0.345. The van der Waals surface area contributed by atoms with Gasteiger partial charge in [-0.25, -0.2) is 0 Å². The van der Waals surface area contributed by atoms with Crippen molar-refractivity contribution in [3.8, 4) is 11.5 Å². The second-order valence-electron chi connectivity index (χ2n) is 8.21. The molecule has 1 aliphatic rings. The average Bonchev–Trinajstić information content (AvgIpc) is 3.14. The molecule has 7 nitrogen and oxygen atoms in total. The van der Waals surface area contributed by atoms with Crippen LogP contribution < -0.4 is 14.4 Å². The molecule has 1 unspecified atom stereocenters. The number of nitrogens with zero attached hydrogens (tertiary/aromatic N) is 2. The minimum absolute atomic E-state index is 0.0125. The summed E-state index contributed by atoms with van der Waals surface area (Å²) in [6, 6.07) is 14.8. The smallest absolute Gasteiger partial charge is 0.300 e. The van der Waals surface area contributed by atoms with Gasteiger partial charge in [0.05, 0.1) is 24.8 Å². The van der Waals surface area contributed by atoms with Crippen LogP contribution in [0.4, 0.5) is 5.69 Å². The first kappa shape index (κ1) is 24.0. The second-order valence-corrected chi connectivity index (χ2v) is 8.21. The Morgan fingerprint density at radius 1 is 1.06 bits per heavy atom. The summed E-state index contributed by atoms with van der Waals surface area (Å²) >= 11 is 0. The van der Waals surface area contributed by atoms with Crippen LogP contribution >= 0.6 is 0 Å². The van der Waals surface area contributed by atoms with E-state index in [0.717, 1.165) is 12.0 Å². The molecule has 2 aromatic carbocycles. The molecule has 0 spiro atoms. The molecule has 2 heterocycles. The first-order valence-electron chi connectivity index (χ1n) is 11.6. The highest BCUT2D eigenvalue weighted by Gasteiger charge is 2.47. The van der Waals surface area contributed by atoms with Crippen LogP contribution in [0.15, 0.2) is 72.6 Å². The third kappa shape index (κ3) is 4.75. The molecule has 35 heavy (non-hydrogen) atoms. The summed E-state index contributed by atoms with van der Waals surface area (Å²) in [7, 11) is 0. The standard InChI is InChI=1S/C28H28N2O5/c1-4-15-35-23-13-8-19(16-18(23)3)26(31)24-25(20-7-6-14-29-17-20)30(28(33)27(24)32)21-9-11-22(12-10-21)34-5-2/h6-14,16-17,25,31H,4-5,15H2,1-3H3/b26-24-. The monoisotopic (exact) mass is 472 g/mol. The van der Waals surface area contributed by atoms with Gasteiger partial charge in [-0.05, 0) is 79.9 Å². The molecule has 1 atom stereocenters. The SMILES string of the molecule is CCCOc1ccc(/C(O)=C2/C(=O)C(=O)N(c3ccc(OCC)cc3)C2c2cccnc2)cc1C. The minimum atomic E-state index is -0.835. The topological polar surface area (TPSA) is 89.0 Å². The Morgan fingerprint density at radius 3 is 2.46 bits per heavy atom. The van der Waals surface area contributed by atoms with E-state index in [4.69, 9.17) is 9.47 Å². The maximum atomic E-state index is 13.3. The van der Waals surface area contributed by atoms with Gasteiger partial charge in [0.25, 0.3) is 11.7 Å². The third-order valence-corrected chi connectivity index (χ3v) is 5.78. The summed E-state index contributed by atoms with van der Waals surface area (Å²) in [5.41, 5.74) is 2.40. The van der Waals surface area contributed by atoms with E-state index in [1.54, 1.807) is 67.0 Å². The first-order valence-corrected chi connectivity index (χ1v) is 11.6. The molecule has 0 radical (unpaired) electrons. The Kier molecular flexibility index (Phi) is 7.15. The zero-order valence-corrected chi connectivity index (χ0v) is 20.0. The quantitative estimate of drug-likeness (QED) is 0.275. The molecule has 1 fully saturated rings. The number of aliphatic hydroxyl groups is 1. The summed E-state index contributed by atoms with van der Waals surface area (Å²) in [5, 5.41) is 11.3. The van der Waals surface area contributed by atoms with E-state index in [0.29, 0.717) is 41.5 Å². The number of aryl methyl sites for hydroxylation is 1. The fourth-order valence-electron chi connectivity index (χ4n) is 4.15.